The lowest BCUT2D eigenvalue weighted by molar-refractivity contribution is 0.0976. The van der Waals surface area contributed by atoms with Crippen molar-refractivity contribution in [3.8, 4) is 23.0 Å². The molecular weight excluding hydrogens is 404 g/mol. The third-order valence-electron chi connectivity index (χ3n) is 3.80. The zero-order valence-corrected chi connectivity index (χ0v) is 18.6. The third kappa shape index (κ3) is 6.52. The molecule has 30 heavy (non-hydrogen) atoms. The molecule has 0 atom stereocenters. The number of anilines is 1. The van der Waals surface area contributed by atoms with E-state index in [1.807, 2.05) is 45.9 Å². The van der Waals surface area contributed by atoms with Gasteiger partial charge in [-0.25, -0.2) is 0 Å². The minimum atomic E-state index is -0.390. The van der Waals surface area contributed by atoms with E-state index in [0.29, 0.717) is 60.7 Å². The molecule has 0 saturated carbocycles. The Morgan fingerprint density at radius 2 is 1.47 bits per heavy atom. The van der Waals surface area contributed by atoms with Crippen LogP contribution in [0.1, 0.15) is 38.1 Å². The van der Waals surface area contributed by atoms with Gasteiger partial charge in [0.1, 0.15) is 5.75 Å². The highest BCUT2D eigenvalue weighted by Gasteiger charge is 2.19. The molecular formula is C22H28N2O5S. The summed E-state index contributed by atoms with van der Waals surface area (Å²) in [7, 11) is 0. The van der Waals surface area contributed by atoms with E-state index in [2.05, 4.69) is 10.6 Å². The summed E-state index contributed by atoms with van der Waals surface area (Å²) in [6.07, 6.45) is 0. The van der Waals surface area contributed by atoms with Gasteiger partial charge >= 0.3 is 0 Å². The largest absolute Gasteiger partial charge is 0.494 e. The molecule has 0 fully saturated rings. The molecule has 0 unspecified atom stereocenters. The molecule has 1 amide bonds. The molecule has 8 heteroatoms. The van der Waals surface area contributed by atoms with Crippen LogP contribution in [0.15, 0.2) is 36.4 Å². The summed E-state index contributed by atoms with van der Waals surface area (Å²) >= 11 is 5.28. The Morgan fingerprint density at radius 3 is 2.03 bits per heavy atom. The number of nitrogens with one attached hydrogen (secondary N) is 2. The minimum Gasteiger partial charge on any atom is -0.494 e. The van der Waals surface area contributed by atoms with E-state index < -0.39 is 5.91 Å². The molecule has 0 saturated heterocycles. The van der Waals surface area contributed by atoms with Crippen molar-refractivity contribution in [2.24, 2.45) is 0 Å². The van der Waals surface area contributed by atoms with Gasteiger partial charge in [0.15, 0.2) is 16.6 Å². The Labute approximate surface area is 182 Å². The van der Waals surface area contributed by atoms with Gasteiger partial charge in [-0.05, 0) is 64.2 Å². The molecule has 2 N–H and O–H groups in total. The van der Waals surface area contributed by atoms with Crippen molar-refractivity contribution in [2.75, 3.05) is 31.7 Å². The summed E-state index contributed by atoms with van der Waals surface area (Å²) in [5.41, 5.74) is 1.06. The molecule has 2 aromatic carbocycles. The third-order valence-corrected chi connectivity index (χ3v) is 4.01. The number of rotatable bonds is 10. The van der Waals surface area contributed by atoms with E-state index in [9.17, 15) is 4.79 Å². The quantitative estimate of drug-likeness (QED) is 0.539. The normalized spacial score (nSPS) is 10.1. The summed E-state index contributed by atoms with van der Waals surface area (Å²) in [4.78, 5) is 12.8. The van der Waals surface area contributed by atoms with Crippen LogP contribution in [0.4, 0.5) is 5.69 Å². The molecule has 0 aliphatic carbocycles. The first-order valence-electron chi connectivity index (χ1n) is 9.93. The fraction of sp³-hybridized carbons (Fsp3) is 0.364. The fourth-order valence-electron chi connectivity index (χ4n) is 2.69. The molecule has 0 aliphatic heterocycles. The molecule has 0 aromatic heterocycles. The minimum absolute atomic E-state index is 0.165. The van der Waals surface area contributed by atoms with Crippen LogP contribution in [0.5, 0.6) is 23.0 Å². The average molecular weight is 433 g/mol. The lowest BCUT2D eigenvalue weighted by Gasteiger charge is -2.17. The lowest BCUT2D eigenvalue weighted by Crippen LogP contribution is -2.34. The first-order chi connectivity index (χ1) is 14.5. The van der Waals surface area contributed by atoms with Crippen molar-refractivity contribution in [1.29, 1.82) is 0 Å². The molecule has 162 valence electrons. The molecule has 7 nitrogen and oxygen atoms in total. The molecule has 0 aliphatic rings. The van der Waals surface area contributed by atoms with Gasteiger partial charge in [-0.15, -0.1) is 0 Å². The Morgan fingerprint density at radius 1 is 0.867 bits per heavy atom. The second-order valence-corrected chi connectivity index (χ2v) is 6.38. The van der Waals surface area contributed by atoms with Crippen LogP contribution >= 0.6 is 12.2 Å². The lowest BCUT2D eigenvalue weighted by atomic mass is 10.1. The maximum Gasteiger partial charge on any atom is 0.257 e. The standard InChI is InChI=1S/C22H28N2O5S/c1-5-26-17-11-9-10-16(14-17)23-22(30)24-21(25)15-12-18(27-6-2)20(29-8-4)19(13-15)28-7-3/h9-14H,5-8H2,1-4H3,(H2,23,24,25,30). The van der Waals surface area contributed by atoms with E-state index in [-0.39, 0.29) is 5.11 Å². The number of amides is 1. The highest BCUT2D eigenvalue weighted by Crippen LogP contribution is 2.39. The number of benzene rings is 2. The van der Waals surface area contributed by atoms with Gasteiger partial charge in [0.2, 0.25) is 5.75 Å². The van der Waals surface area contributed by atoms with Crippen molar-refractivity contribution in [3.63, 3.8) is 0 Å². The summed E-state index contributed by atoms with van der Waals surface area (Å²) in [6.45, 7) is 9.36. The van der Waals surface area contributed by atoms with Crippen LogP contribution in [0.3, 0.4) is 0 Å². The maximum atomic E-state index is 12.8. The van der Waals surface area contributed by atoms with E-state index in [0.717, 1.165) is 0 Å². The summed E-state index contributed by atoms with van der Waals surface area (Å²) in [5.74, 6) is 1.69. The van der Waals surface area contributed by atoms with E-state index in [1.54, 1.807) is 18.2 Å². The van der Waals surface area contributed by atoms with Crippen LogP contribution < -0.4 is 29.6 Å². The van der Waals surface area contributed by atoms with Crippen molar-refractivity contribution >= 4 is 28.9 Å². The highest BCUT2D eigenvalue weighted by atomic mass is 32.1. The summed E-state index contributed by atoms with van der Waals surface area (Å²) < 4.78 is 22.5. The Hall–Kier alpha value is -3.00. The Kier molecular flexibility index (Phi) is 9.21. The summed E-state index contributed by atoms with van der Waals surface area (Å²) in [5, 5.41) is 5.83. The van der Waals surface area contributed by atoms with Crippen LogP contribution in [0, 0.1) is 0 Å². The van der Waals surface area contributed by atoms with E-state index >= 15 is 0 Å². The molecule has 0 bridgehead atoms. The molecule has 0 heterocycles. The smallest absolute Gasteiger partial charge is 0.257 e. The Balaban J connectivity index is 2.18. The molecule has 2 aromatic rings. The second-order valence-electron chi connectivity index (χ2n) is 5.97. The molecule has 0 radical (unpaired) electrons. The monoisotopic (exact) mass is 432 g/mol. The predicted molar refractivity (Wildman–Crippen MR) is 121 cm³/mol. The number of hydrogen-bond acceptors (Lipinski definition) is 6. The zero-order chi connectivity index (χ0) is 21.9. The number of thiocarbonyl (C=S) groups is 1. The van der Waals surface area contributed by atoms with Crippen molar-refractivity contribution in [1.82, 2.24) is 5.32 Å². The van der Waals surface area contributed by atoms with Crippen LogP contribution in [0.25, 0.3) is 0 Å². The fourth-order valence-corrected chi connectivity index (χ4v) is 2.90. The van der Waals surface area contributed by atoms with Gasteiger partial charge in [0.05, 0.1) is 26.4 Å². The van der Waals surface area contributed by atoms with Crippen LogP contribution in [0.2, 0.25) is 0 Å². The van der Waals surface area contributed by atoms with Crippen LogP contribution in [-0.4, -0.2) is 37.4 Å². The molecule has 2 rings (SSSR count). The zero-order valence-electron chi connectivity index (χ0n) is 17.7. The van der Waals surface area contributed by atoms with Crippen molar-refractivity contribution in [2.45, 2.75) is 27.7 Å². The first-order valence-corrected chi connectivity index (χ1v) is 10.3. The van der Waals surface area contributed by atoms with Gasteiger partial charge in [-0.1, -0.05) is 6.07 Å². The number of carbonyl (C=O) groups excluding carboxylic acids is 1. The molecule has 0 spiro atoms. The number of carbonyl (C=O) groups is 1. The first kappa shape index (κ1) is 23.3. The van der Waals surface area contributed by atoms with Gasteiger partial charge in [-0.3, -0.25) is 10.1 Å². The van der Waals surface area contributed by atoms with Crippen molar-refractivity contribution < 1.29 is 23.7 Å². The number of ether oxygens (including phenoxy) is 4. The maximum absolute atomic E-state index is 12.8. The Bertz CT molecular complexity index is 845. The van der Waals surface area contributed by atoms with Gasteiger partial charge < -0.3 is 24.3 Å². The van der Waals surface area contributed by atoms with Crippen LogP contribution in [-0.2, 0) is 0 Å². The number of hydrogen-bond donors (Lipinski definition) is 2. The van der Waals surface area contributed by atoms with Crippen molar-refractivity contribution in [3.05, 3.63) is 42.0 Å². The SMILES string of the molecule is CCOc1cccc(NC(=S)NC(=O)c2cc(OCC)c(OCC)c(OCC)c2)c1. The van der Waals surface area contributed by atoms with E-state index in [1.165, 1.54) is 0 Å². The van der Waals surface area contributed by atoms with Gasteiger partial charge in [-0.2, -0.15) is 0 Å². The van der Waals surface area contributed by atoms with Gasteiger partial charge in [0, 0.05) is 17.3 Å². The topological polar surface area (TPSA) is 78.1 Å². The van der Waals surface area contributed by atoms with Gasteiger partial charge in [0.25, 0.3) is 5.91 Å². The second kappa shape index (κ2) is 11.9. The highest BCUT2D eigenvalue weighted by molar-refractivity contribution is 7.80. The summed E-state index contributed by atoms with van der Waals surface area (Å²) in [6, 6.07) is 10.6. The average Bonchev–Trinajstić information content (AvgIpc) is 2.71. The van der Waals surface area contributed by atoms with E-state index in [4.69, 9.17) is 31.2 Å². The predicted octanol–water partition coefficient (Wildman–Crippen LogP) is 4.41.